The number of halogens is 4. The summed E-state index contributed by atoms with van der Waals surface area (Å²) in [7, 11) is 0. The first-order valence-electron chi connectivity index (χ1n) is 11.0. The molecule has 1 aromatic heterocycles. The van der Waals surface area contributed by atoms with Crippen LogP contribution < -0.4 is 4.74 Å². The molecule has 0 bridgehead atoms. The van der Waals surface area contributed by atoms with Crippen LogP contribution in [0.25, 0.3) is 5.69 Å². The first kappa shape index (κ1) is 25.0. The zero-order chi connectivity index (χ0) is 25.3. The summed E-state index contributed by atoms with van der Waals surface area (Å²) in [5, 5.41) is 7.50. The van der Waals surface area contributed by atoms with E-state index in [0.717, 1.165) is 10.1 Å². The van der Waals surface area contributed by atoms with E-state index in [4.69, 9.17) is 25.8 Å². The number of alkyl halides is 3. The van der Waals surface area contributed by atoms with Crippen molar-refractivity contribution < 1.29 is 32.2 Å². The normalized spacial score (nSPS) is 17.3. The minimum atomic E-state index is -4.80. The van der Waals surface area contributed by atoms with E-state index in [2.05, 4.69) is 10.2 Å². The Morgan fingerprint density at radius 3 is 2.60 bits per heavy atom. The van der Waals surface area contributed by atoms with Crippen molar-refractivity contribution in [3.63, 3.8) is 0 Å². The van der Waals surface area contributed by atoms with Gasteiger partial charge in [0.15, 0.2) is 5.82 Å². The Hall–Kier alpha value is -3.11. The first-order chi connectivity index (χ1) is 16.7. The molecule has 2 atom stereocenters. The van der Waals surface area contributed by atoms with Gasteiger partial charge in [0.1, 0.15) is 18.0 Å². The average Bonchev–Trinajstić information content (AvgIpc) is 3.20. The molecule has 2 aromatic carbocycles. The molecule has 0 amide bonds. The Bertz CT molecular complexity index is 1250. The minimum Gasteiger partial charge on any atom is -0.494 e. The van der Waals surface area contributed by atoms with Crippen LogP contribution in [0.3, 0.4) is 0 Å². The third-order valence-corrected chi connectivity index (χ3v) is 5.84. The van der Waals surface area contributed by atoms with Crippen LogP contribution in [0.15, 0.2) is 36.4 Å². The summed E-state index contributed by atoms with van der Waals surface area (Å²) in [6, 6.07) is 9.86. The minimum absolute atomic E-state index is 0.112. The van der Waals surface area contributed by atoms with Gasteiger partial charge in [0.2, 0.25) is 5.82 Å². The van der Waals surface area contributed by atoms with Gasteiger partial charge in [-0.1, -0.05) is 23.7 Å². The van der Waals surface area contributed by atoms with Crippen molar-refractivity contribution in [2.24, 2.45) is 0 Å². The van der Waals surface area contributed by atoms with Crippen LogP contribution in [-0.4, -0.2) is 33.9 Å². The predicted molar refractivity (Wildman–Crippen MR) is 121 cm³/mol. The fraction of sp³-hybridized carbons (Fsp3) is 0.375. The summed E-state index contributed by atoms with van der Waals surface area (Å²) in [4.78, 5) is 12.4. The molecule has 0 spiro atoms. The van der Waals surface area contributed by atoms with Crippen molar-refractivity contribution in [1.82, 2.24) is 14.8 Å². The van der Waals surface area contributed by atoms with Crippen LogP contribution >= 0.6 is 11.6 Å². The first-order valence-corrected chi connectivity index (χ1v) is 11.4. The lowest BCUT2D eigenvalue weighted by atomic mass is 9.95. The van der Waals surface area contributed by atoms with Gasteiger partial charge in [0, 0.05) is 10.6 Å². The third-order valence-electron chi connectivity index (χ3n) is 5.61. The number of carbonyl (C=O) groups is 1. The van der Waals surface area contributed by atoms with Crippen molar-refractivity contribution in [3.05, 3.63) is 69.8 Å². The molecule has 0 saturated carbocycles. The molecule has 7 nitrogen and oxygen atoms in total. The number of carbonyl (C=O) groups excluding carboxylic acids is 1. The summed E-state index contributed by atoms with van der Waals surface area (Å²) < 4.78 is 59.8. The highest BCUT2D eigenvalue weighted by Gasteiger charge is 2.43. The molecule has 1 aliphatic rings. The van der Waals surface area contributed by atoms with Crippen molar-refractivity contribution in [3.8, 4) is 11.4 Å². The van der Waals surface area contributed by atoms with E-state index in [0.29, 0.717) is 28.5 Å². The smallest absolute Gasteiger partial charge is 0.452 e. The molecular formula is C24H23ClF3N3O4. The Morgan fingerprint density at radius 1 is 1.14 bits per heavy atom. The Balaban J connectivity index is 1.97. The van der Waals surface area contributed by atoms with E-state index >= 15 is 0 Å². The topological polar surface area (TPSA) is 75.5 Å². The zero-order valence-corrected chi connectivity index (χ0v) is 20.0. The summed E-state index contributed by atoms with van der Waals surface area (Å²) in [5.74, 6) is -1.41. The van der Waals surface area contributed by atoms with Crippen LogP contribution in [-0.2, 0) is 20.4 Å². The van der Waals surface area contributed by atoms with Gasteiger partial charge in [-0.15, -0.1) is 10.2 Å². The fourth-order valence-electron chi connectivity index (χ4n) is 4.14. The number of aromatic nitrogens is 3. The number of benzene rings is 2. The van der Waals surface area contributed by atoms with Gasteiger partial charge in [-0.3, -0.25) is 9.36 Å². The lowest BCUT2D eigenvalue weighted by Gasteiger charge is -2.24. The molecule has 11 heteroatoms. The quantitative estimate of drug-likeness (QED) is 0.393. The number of ether oxygens (including phenoxy) is 3. The van der Waals surface area contributed by atoms with Gasteiger partial charge in [0.25, 0.3) is 0 Å². The Morgan fingerprint density at radius 2 is 1.91 bits per heavy atom. The molecule has 2 heterocycles. The lowest BCUT2D eigenvalue weighted by Crippen LogP contribution is -2.18. The summed E-state index contributed by atoms with van der Waals surface area (Å²) in [5.41, 5.74) is 1.92. The van der Waals surface area contributed by atoms with Crippen LogP contribution in [0, 0.1) is 6.92 Å². The molecule has 35 heavy (non-hydrogen) atoms. The maximum Gasteiger partial charge on any atom is 0.452 e. The molecule has 3 aromatic rings. The molecule has 0 N–H and O–H groups in total. The number of hydrogen-bond donors (Lipinski definition) is 0. The standard InChI is InChI=1S/C24H23ClF3N3O4/c1-4-33-18-8-6-7-15(13(18)3)21-16-11-14(25)9-10-17(16)31-22(29-30-23(31)24(26,27)28)19(35-21)12-20(32)34-5-2/h6-11,19,21H,4-5,12H2,1-3H3/t19-,21-/m1/s1. The predicted octanol–water partition coefficient (Wildman–Crippen LogP) is 5.76. The van der Waals surface area contributed by atoms with Crippen LogP contribution in [0.1, 0.15) is 60.8 Å². The second-order valence-corrected chi connectivity index (χ2v) is 8.27. The lowest BCUT2D eigenvalue weighted by molar-refractivity contribution is -0.147. The molecule has 0 saturated heterocycles. The summed E-state index contributed by atoms with van der Waals surface area (Å²) in [6.45, 7) is 5.86. The Labute approximate surface area is 204 Å². The monoisotopic (exact) mass is 509 g/mol. The fourth-order valence-corrected chi connectivity index (χ4v) is 4.32. The highest BCUT2D eigenvalue weighted by molar-refractivity contribution is 6.30. The van der Waals surface area contributed by atoms with Gasteiger partial charge < -0.3 is 14.2 Å². The molecule has 0 aliphatic carbocycles. The number of esters is 1. The second kappa shape index (κ2) is 9.87. The highest BCUT2D eigenvalue weighted by atomic mass is 35.5. The van der Waals surface area contributed by atoms with E-state index in [1.165, 1.54) is 12.1 Å². The molecule has 4 rings (SSSR count). The van der Waals surface area contributed by atoms with Crippen molar-refractivity contribution in [1.29, 1.82) is 0 Å². The maximum absolute atomic E-state index is 13.9. The second-order valence-electron chi connectivity index (χ2n) is 7.84. The SMILES string of the molecule is CCOC(=O)C[C@H]1O[C@H](c2cccc(OCC)c2C)c2cc(Cl)ccc2-n2c1nnc2C(F)(F)F. The number of hydrogen-bond acceptors (Lipinski definition) is 6. The molecule has 0 unspecified atom stereocenters. The largest absolute Gasteiger partial charge is 0.494 e. The summed E-state index contributed by atoms with van der Waals surface area (Å²) >= 11 is 6.28. The van der Waals surface area contributed by atoms with Crippen LogP contribution in [0.4, 0.5) is 13.2 Å². The Kier molecular flexibility index (Phi) is 7.05. The van der Waals surface area contributed by atoms with Gasteiger partial charge >= 0.3 is 12.1 Å². The molecule has 186 valence electrons. The van der Waals surface area contributed by atoms with Crippen molar-refractivity contribution in [2.45, 2.75) is 45.6 Å². The molecule has 1 aliphatic heterocycles. The zero-order valence-electron chi connectivity index (χ0n) is 19.2. The molecule has 0 radical (unpaired) electrons. The van der Waals surface area contributed by atoms with E-state index in [1.807, 2.05) is 13.8 Å². The number of fused-ring (bicyclic) bond motifs is 3. The van der Waals surface area contributed by atoms with E-state index < -0.39 is 30.2 Å². The maximum atomic E-state index is 13.9. The van der Waals surface area contributed by atoms with E-state index in [-0.39, 0.29) is 24.5 Å². The third kappa shape index (κ3) is 4.85. The van der Waals surface area contributed by atoms with Crippen LogP contribution in [0.2, 0.25) is 5.02 Å². The number of nitrogens with zero attached hydrogens (tertiary/aromatic N) is 3. The highest BCUT2D eigenvalue weighted by Crippen LogP contribution is 2.45. The van der Waals surface area contributed by atoms with E-state index in [9.17, 15) is 18.0 Å². The number of rotatable bonds is 6. The van der Waals surface area contributed by atoms with Crippen molar-refractivity contribution in [2.75, 3.05) is 13.2 Å². The average molecular weight is 510 g/mol. The summed E-state index contributed by atoms with van der Waals surface area (Å²) in [6.07, 6.45) is -7.22. The van der Waals surface area contributed by atoms with Gasteiger partial charge in [-0.2, -0.15) is 13.2 Å². The van der Waals surface area contributed by atoms with Gasteiger partial charge in [-0.05, 0) is 56.2 Å². The van der Waals surface area contributed by atoms with Crippen LogP contribution in [0.5, 0.6) is 5.75 Å². The van der Waals surface area contributed by atoms with E-state index in [1.54, 1.807) is 31.2 Å². The van der Waals surface area contributed by atoms with Gasteiger partial charge in [-0.25, -0.2) is 0 Å². The van der Waals surface area contributed by atoms with Gasteiger partial charge in [0.05, 0.1) is 25.3 Å². The molecular weight excluding hydrogens is 487 g/mol. The molecule has 0 fully saturated rings. The van der Waals surface area contributed by atoms with Crippen molar-refractivity contribution >= 4 is 17.6 Å².